The number of rotatable bonds is 4. The topological polar surface area (TPSA) is 67.4 Å². The van der Waals surface area contributed by atoms with Gasteiger partial charge in [0.2, 0.25) is 0 Å². The van der Waals surface area contributed by atoms with Crippen molar-refractivity contribution < 1.29 is 18.7 Å². The number of hydrogen-bond donors (Lipinski definition) is 2. The molecular formula is C16H14BrFN2O3S. The Morgan fingerprint density at radius 2 is 2.08 bits per heavy atom. The zero-order chi connectivity index (χ0) is 17.1. The number of amides is 2. The summed E-state index contributed by atoms with van der Waals surface area (Å²) >= 11 is 4.58. The number of aryl methyl sites for hydroxylation is 2. The highest BCUT2D eigenvalue weighted by Crippen LogP contribution is 2.30. The van der Waals surface area contributed by atoms with Gasteiger partial charge in [-0.05, 0) is 49.1 Å². The quantitative estimate of drug-likeness (QED) is 0.758. The minimum atomic E-state index is -0.575. The molecule has 1 aromatic heterocycles. The van der Waals surface area contributed by atoms with Crippen LogP contribution in [0, 0.1) is 5.82 Å². The van der Waals surface area contributed by atoms with Crippen LogP contribution in [0.2, 0.25) is 0 Å². The van der Waals surface area contributed by atoms with E-state index in [1.807, 2.05) is 6.07 Å². The maximum Gasteiger partial charge on any atom is 0.279 e. The average Bonchev–Trinajstić information content (AvgIpc) is 3.13. The summed E-state index contributed by atoms with van der Waals surface area (Å²) in [7, 11) is 0. The lowest BCUT2D eigenvalue weighted by atomic mass is 10.2. The number of thiophene rings is 1. The van der Waals surface area contributed by atoms with E-state index in [9.17, 15) is 14.0 Å². The SMILES string of the molecule is O=C(COc1ccc(Br)cc1F)NNC(=O)c1cc2c(s1)CCC2. The molecule has 24 heavy (non-hydrogen) atoms. The molecule has 0 saturated heterocycles. The Morgan fingerprint density at radius 1 is 1.25 bits per heavy atom. The van der Waals surface area contributed by atoms with Crippen LogP contribution in [0.5, 0.6) is 5.75 Å². The summed E-state index contributed by atoms with van der Waals surface area (Å²) in [4.78, 5) is 25.5. The van der Waals surface area contributed by atoms with Crippen molar-refractivity contribution in [3.8, 4) is 5.75 Å². The van der Waals surface area contributed by atoms with Crippen molar-refractivity contribution in [3.63, 3.8) is 0 Å². The van der Waals surface area contributed by atoms with E-state index in [4.69, 9.17) is 4.74 Å². The van der Waals surface area contributed by atoms with E-state index in [-0.39, 0.29) is 11.7 Å². The second-order valence-electron chi connectivity index (χ2n) is 5.28. The number of benzene rings is 1. The third kappa shape index (κ3) is 3.93. The Morgan fingerprint density at radius 3 is 2.83 bits per heavy atom. The molecular weight excluding hydrogens is 399 g/mol. The van der Waals surface area contributed by atoms with E-state index in [2.05, 4.69) is 26.8 Å². The van der Waals surface area contributed by atoms with E-state index in [0.717, 1.165) is 19.3 Å². The van der Waals surface area contributed by atoms with Gasteiger partial charge < -0.3 is 4.74 Å². The molecule has 0 fully saturated rings. The number of carbonyl (C=O) groups is 2. The lowest BCUT2D eigenvalue weighted by Gasteiger charge is -2.09. The van der Waals surface area contributed by atoms with Gasteiger partial charge in [0.25, 0.3) is 11.8 Å². The molecule has 0 unspecified atom stereocenters. The van der Waals surface area contributed by atoms with Crippen molar-refractivity contribution in [2.75, 3.05) is 6.61 Å². The first kappa shape index (κ1) is 16.9. The zero-order valence-corrected chi connectivity index (χ0v) is 14.9. The Bertz CT molecular complexity index is 772. The van der Waals surface area contributed by atoms with Crippen molar-refractivity contribution in [2.45, 2.75) is 19.3 Å². The van der Waals surface area contributed by atoms with Gasteiger partial charge in [0.15, 0.2) is 18.2 Å². The molecule has 0 bridgehead atoms. The van der Waals surface area contributed by atoms with Gasteiger partial charge in [0.05, 0.1) is 4.88 Å². The van der Waals surface area contributed by atoms with Crippen molar-refractivity contribution >= 4 is 39.1 Å². The summed E-state index contributed by atoms with van der Waals surface area (Å²) in [6, 6.07) is 6.12. The molecule has 0 atom stereocenters. The van der Waals surface area contributed by atoms with Crippen LogP contribution in [-0.2, 0) is 17.6 Å². The normalized spacial score (nSPS) is 12.6. The standard InChI is InChI=1S/C16H14BrFN2O3S/c17-10-4-5-12(11(18)7-10)23-8-15(21)19-20-16(22)14-6-9-2-1-3-13(9)24-14/h4-7H,1-3,8H2,(H,19,21)(H,20,22). The highest BCUT2D eigenvalue weighted by Gasteiger charge is 2.18. The van der Waals surface area contributed by atoms with Gasteiger partial charge in [-0.3, -0.25) is 20.4 Å². The molecule has 0 saturated carbocycles. The van der Waals surface area contributed by atoms with Crippen molar-refractivity contribution in [3.05, 3.63) is 49.9 Å². The summed E-state index contributed by atoms with van der Waals surface area (Å²) < 4.78 is 19.2. The number of hydrogen-bond acceptors (Lipinski definition) is 4. The number of halogens is 2. The van der Waals surface area contributed by atoms with Crippen LogP contribution in [0.3, 0.4) is 0 Å². The molecule has 2 aromatic rings. The highest BCUT2D eigenvalue weighted by atomic mass is 79.9. The Hall–Kier alpha value is -1.93. The van der Waals surface area contributed by atoms with E-state index in [1.165, 1.54) is 33.9 Å². The van der Waals surface area contributed by atoms with Crippen LogP contribution in [-0.4, -0.2) is 18.4 Å². The molecule has 1 aliphatic carbocycles. The molecule has 1 heterocycles. The highest BCUT2D eigenvalue weighted by molar-refractivity contribution is 9.10. The molecule has 1 aromatic carbocycles. The first-order valence-electron chi connectivity index (χ1n) is 7.31. The van der Waals surface area contributed by atoms with E-state index in [1.54, 1.807) is 6.07 Å². The fourth-order valence-electron chi connectivity index (χ4n) is 2.40. The summed E-state index contributed by atoms with van der Waals surface area (Å²) in [5.74, 6) is -1.55. The lowest BCUT2D eigenvalue weighted by molar-refractivity contribution is -0.123. The first-order valence-corrected chi connectivity index (χ1v) is 8.92. The number of ether oxygens (including phenoxy) is 1. The smallest absolute Gasteiger partial charge is 0.279 e. The largest absolute Gasteiger partial charge is 0.481 e. The molecule has 3 rings (SSSR count). The first-order chi connectivity index (χ1) is 11.5. The summed E-state index contributed by atoms with van der Waals surface area (Å²) in [5.41, 5.74) is 5.81. The van der Waals surface area contributed by atoms with Crippen LogP contribution in [0.4, 0.5) is 4.39 Å². The minimum absolute atomic E-state index is 0.0330. The summed E-state index contributed by atoms with van der Waals surface area (Å²) in [6.45, 7) is -0.403. The average molecular weight is 413 g/mol. The van der Waals surface area contributed by atoms with Gasteiger partial charge in [0.1, 0.15) is 0 Å². The minimum Gasteiger partial charge on any atom is -0.481 e. The van der Waals surface area contributed by atoms with Gasteiger partial charge in [-0.2, -0.15) is 0 Å². The third-order valence-electron chi connectivity index (χ3n) is 3.54. The molecule has 8 heteroatoms. The van der Waals surface area contributed by atoms with Gasteiger partial charge in [-0.15, -0.1) is 11.3 Å². The monoisotopic (exact) mass is 412 g/mol. The number of nitrogens with one attached hydrogen (secondary N) is 2. The zero-order valence-electron chi connectivity index (χ0n) is 12.5. The van der Waals surface area contributed by atoms with Crippen molar-refractivity contribution in [1.29, 1.82) is 0 Å². The molecule has 0 aliphatic heterocycles. The summed E-state index contributed by atoms with van der Waals surface area (Å²) in [6.07, 6.45) is 3.13. The van der Waals surface area contributed by atoms with Gasteiger partial charge in [0, 0.05) is 9.35 Å². The molecule has 2 N–H and O–H groups in total. The molecule has 0 radical (unpaired) electrons. The lowest BCUT2D eigenvalue weighted by Crippen LogP contribution is -2.43. The second-order valence-corrected chi connectivity index (χ2v) is 7.33. The summed E-state index contributed by atoms with van der Waals surface area (Å²) in [5, 5.41) is 0. The molecule has 2 amide bonds. The van der Waals surface area contributed by atoms with Crippen molar-refractivity contribution in [1.82, 2.24) is 10.9 Å². The van der Waals surface area contributed by atoms with Crippen LogP contribution in [0.15, 0.2) is 28.7 Å². The van der Waals surface area contributed by atoms with Gasteiger partial charge in [-0.1, -0.05) is 15.9 Å². The van der Waals surface area contributed by atoms with Gasteiger partial charge in [-0.25, -0.2) is 4.39 Å². The van der Waals surface area contributed by atoms with E-state index >= 15 is 0 Å². The fourth-order valence-corrected chi connectivity index (χ4v) is 3.88. The van der Waals surface area contributed by atoms with E-state index in [0.29, 0.717) is 9.35 Å². The second kappa shape index (κ2) is 7.31. The Balaban J connectivity index is 1.47. The number of fused-ring (bicyclic) bond motifs is 1. The number of carbonyl (C=O) groups excluding carboxylic acids is 2. The maximum absolute atomic E-state index is 13.6. The van der Waals surface area contributed by atoms with Crippen LogP contribution < -0.4 is 15.6 Å². The predicted octanol–water partition coefficient (Wildman–Crippen LogP) is 2.98. The fraction of sp³-hybridized carbons (Fsp3) is 0.250. The van der Waals surface area contributed by atoms with Crippen LogP contribution in [0.1, 0.15) is 26.5 Å². The van der Waals surface area contributed by atoms with Crippen LogP contribution >= 0.6 is 27.3 Å². The van der Waals surface area contributed by atoms with Gasteiger partial charge >= 0.3 is 0 Å². The maximum atomic E-state index is 13.6. The molecule has 126 valence electrons. The Labute approximate surface area is 150 Å². The molecule has 5 nitrogen and oxygen atoms in total. The van der Waals surface area contributed by atoms with Crippen molar-refractivity contribution in [2.24, 2.45) is 0 Å². The Kier molecular flexibility index (Phi) is 5.15. The van der Waals surface area contributed by atoms with E-state index < -0.39 is 18.3 Å². The predicted molar refractivity (Wildman–Crippen MR) is 91.5 cm³/mol. The molecule has 0 spiro atoms. The van der Waals surface area contributed by atoms with Crippen LogP contribution in [0.25, 0.3) is 0 Å². The third-order valence-corrected chi connectivity index (χ3v) is 5.27. The molecule has 1 aliphatic rings. The number of hydrazine groups is 1.